The fourth-order valence-electron chi connectivity index (χ4n) is 2.85. The van der Waals surface area contributed by atoms with E-state index in [1.807, 2.05) is 4.90 Å². The number of amides is 1. The molecule has 1 atom stereocenters. The predicted octanol–water partition coefficient (Wildman–Crippen LogP) is 3.67. The largest absolute Gasteiger partial charge is 0.342 e. The quantitative estimate of drug-likeness (QED) is 0.811. The number of carbonyl (C=O) groups excluding carboxylic acids is 1. The molecule has 4 heteroatoms. The van der Waals surface area contributed by atoms with Gasteiger partial charge in [-0.15, -0.1) is 0 Å². The van der Waals surface area contributed by atoms with Crippen molar-refractivity contribution in [1.29, 1.82) is 0 Å². The van der Waals surface area contributed by atoms with Crippen molar-refractivity contribution in [3.63, 3.8) is 0 Å². The maximum Gasteiger partial charge on any atom is 0.219 e. The van der Waals surface area contributed by atoms with Crippen molar-refractivity contribution in [3.05, 3.63) is 34.6 Å². The number of carbonyl (C=O) groups is 1. The Hall–Kier alpha value is -1.09. The molecule has 0 N–H and O–H groups in total. The lowest BCUT2D eigenvalue weighted by Crippen LogP contribution is -2.44. The van der Waals surface area contributed by atoms with Gasteiger partial charge in [0.1, 0.15) is 5.82 Å². The Bertz CT molecular complexity index is 491. The molecule has 0 spiro atoms. The van der Waals surface area contributed by atoms with Gasteiger partial charge in [-0.3, -0.25) is 4.79 Å². The Morgan fingerprint density at radius 3 is 2.89 bits per heavy atom. The summed E-state index contributed by atoms with van der Waals surface area (Å²) in [4.78, 5) is 13.4. The summed E-state index contributed by atoms with van der Waals surface area (Å²) in [7, 11) is 0. The van der Waals surface area contributed by atoms with Crippen LogP contribution in [0.3, 0.4) is 0 Å². The first-order valence-electron chi connectivity index (χ1n) is 6.59. The van der Waals surface area contributed by atoms with Crippen LogP contribution in [-0.4, -0.2) is 23.9 Å². The van der Waals surface area contributed by atoms with Crippen LogP contribution in [0.25, 0.3) is 0 Å². The molecule has 0 saturated carbocycles. The number of halogens is 2. The summed E-state index contributed by atoms with van der Waals surface area (Å²) in [6.45, 7) is 5.36. The van der Waals surface area contributed by atoms with Crippen LogP contribution in [0, 0.1) is 11.2 Å². The summed E-state index contributed by atoms with van der Waals surface area (Å²) in [5.41, 5.74) is 0.974. The Labute approximate surface area is 118 Å². The maximum absolute atomic E-state index is 13.1. The molecule has 2 nitrogen and oxygen atoms in total. The molecule has 1 aromatic rings. The minimum Gasteiger partial charge on any atom is -0.342 e. The minimum absolute atomic E-state index is 0.0192. The molecule has 1 aliphatic heterocycles. The number of benzene rings is 1. The molecule has 1 aromatic carbocycles. The van der Waals surface area contributed by atoms with Crippen molar-refractivity contribution in [1.82, 2.24) is 4.90 Å². The van der Waals surface area contributed by atoms with E-state index in [0.717, 1.165) is 37.9 Å². The molecule has 1 unspecified atom stereocenters. The van der Waals surface area contributed by atoms with E-state index in [0.29, 0.717) is 5.02 Å². The zero-order valence-corrected chi connectivity index (χ0v) is 12.1. The van der Waals surface area contributed by atoms with Crippen LogP contribution in [0.2, 0.25) is 5.02 Å². The van der Waals surface area contributed by atoms with Gasteiger partial charge in [0.25, 0.3) is 0 Å². The van der Waals surface area contributed by atoms with Gasteiger partial charge in [0.2, 0.25) is 5.91 Å². The van der Waals surface area contributed by atoms with Crippen LogP contribution in [0.15, 0.2) is 18.2 Å². The average molecular weight is 284 g/mol. The lowest BCUT2D eigenvalue weighted by Gasteiger charge is -2.40. The second-order valence-electron chi connectivity index (χ2n) is 5.77. The van der Waals surface area contributed by atoms with Crippen molar-refractivity contribution in [3.8, 4) is 0 Å². The summed E-state index contributed by atoms with van der Waals surface area (Å²) in [5, 5.41) is 0.473. The van der Waals surface area contributed by atoms with Gasteiger partial charge in [0, 0.05) is 25.0 Å². The first-order chi connectivity index (χ1) is 8.89. The number of likely N-dealkylation sites (tertiary alicyclic amines) is 1. The molecule has 1 saturated heterocycles. The average Bonchev–Trinajstić information content (AvgIpc) is 2.33. The van der Waals surface area contributed by atoms with E-state index < -0.39 is 0 Å². The lowest BCUT2D eigenvalue weighted by molar-refractivity contribution is -0.132. The van der Waals surface area contributed by atoms with Crippen LogP contribution in [-0.2, 0) is 11.2 Å². The van der Waals surface area contributed by atoms with Crippen LogP contribution in [0.1, 0.15) is 32.3 Å². The zero-order valence-electron chi connectivity index (χ0n) is 11.4. The highest BCUT2D eigenvalue weighted by atomic mass is 35.5. The van der Waals surface area contributed by atoms with E-state index in [1.54, 1.807) is 13.0 Å². The van der Waals surface area contributed by atoms with E-state index >= 15 is 0 Å². The third-order valence-corrected chi connectivity index (χ3v) is 4.21. The van der Waals surface area contributed by atoms with Crippen molar-refractivity contribution in [2.75, 3.05) is 13.1 Å². The van der Waals surface area contributed by atoms with E-state index in [2.05, 4.69) is 6.92 Å². The fourth-order valence-corrected chi connectivity index (χ4v) is 3.09. The Balaban J connectivity index is 2.14. The highest BCUT2D eigenvalue weighted by Gasteiger charge is 2.32. The third kappa shape index (κ3) is 3.47. The van der Waals surface area contributed by atoms with Gasteiger partial charge >= 0.3 is 0 Å². The lowest BCUT2D eigenvalue weighted by atomic mass is 9.77. The fraction of sp³-hybridized carbons (Fsp3) is 0.533. The molecular formula is C15H19ClFNO. The van der Waals surface area contributed by atoms with Gasteiger partial charge in [-0.25, -0.2) is 4.39 Å². The zero-order chi connectivity index (χ0) is 14.0. The molecule has 1 fully saturated rings. The molecule has 1 amide bonds. The van der Waals surface area contributed by atoms with Crippen molar-refractivity contribution >= 4 is 17.5 Å². The molecule has 1 heterocycles. The summed E-state index contributed by atoms with van der Waals surface area (Å²) in [5.74, 6) is -0.191. The van der Waals surface area contributed by atoms with Crippen LogP contribution >= 0.6 is 11.6 Å². The molecule has 19 heavy (non-hydrogen) atoms. The van der Waals surface area contributed by atoms with E-state index in [1.165, 1.54) is 12.1 Å². The SMILES string of the molecule is CC(=O)N1CCCC(C)(Cc2ccc(F)cc2Cl)C1. The number of piperidine rings is 1. The van der Waals surface area contributed by atoms with Gasteiger partial charge in [-0.1, -0.05) is 24.6 Å². The summed E-state index contributed by atoms with van der Waals surface area (Å²) >= 11 is 6.09. The normalized spacial score (nSPS) is 23.5. The standard InChI is InChI=1S/C15H19ClFNO/c1-11(19)18-7-3-6-15(2,10-18)9-12-4-5-13(17)8-14(12)16/h4-5,8H,3,6-7,9-10H2,1-2H3. The maximum atomic E-state index is 13.1. The van der Waals surface area contributed by atoms with E-state index in [9.17, 15) is 9.18 Å². The van der Waals surface area contributed by atoms with E-state index in [-0.39, 0.29) is 17.1 Å². The second-order valence-corrected chi connectivity index (χ2v) is 6.17. The monoisotopic (exact) mass is 283 g/mol. The summed E-state index contributed by atoms with van der Waals surface area (Å²) < 4.78 is 13.1. The molecular weight excluding hydrogens is 265 g/mol. The number of hydrogen-bond acceptors (Lipinski definition) is 1. The second kappa shape index (κ2) is 5.49. The van der Waals surface area contributed by atoms with E-state index in [4.69, 9.17) is 11.6 Å². The summed E-state index contributed by atoms with van der Waals surface area (Å²) in [6.07, 6.45) is 2.84. The van der Waals surface area contributed by atoms with Gasteiger partial charge in [-0.2, -0.15) is 0 Å². The minimum atomic E-state index is -0.312. The predicted molar refractivity (Wildman–Crippen MR) is 74.7 cm³/mol. The first kappa shape index (κ1) is 14.3. The Kier molecular flexibility index (Phi) is 4.14. The molecule has 0 aliphatic carbocycles. The summed E-state index contributed by atoms with van der Waals surface area (Å²) in [6, 6.07) is 4.54. The van der Waals surface area contributed by atoms with Gasteiger partial charge in [0.15, 0.2) is 0 Å². The number of hydrogen-bond donors (Lipinski definition) is 0. The molecule has 0 aromatic heterocycles. The van der Waals surface area contributed by atoms with Crippen molar-refractivity contribution in [2.45, 2.75) is 33.1 Å². The molecule has 2 rings (SSSR count). The van der Waals surface area contributed by atoms with Crippen LogP contribution in [0.4, 0.5) is 4.39 Å². The molecule has 104 valence electrons. The van der Waals surface area contributed by atoms with Gasteiger partial charge < -0.3 is 4.90 Å². The number of rotatable bonds is 2. The van der Waals surface area contributed by atoms with Crippen molar-refractivity contribution in [2.24, 2.45) is 5.41 Å². The Morgan fingerprint density at radius 2 is 2.26 bits per heavy atom. The smallest absolute Gasteiger partial charge is 0.219 e. The topological polar surface area (TPSA) is 20.3 Å². The first-order valence-corrected chi connectivity index (χ1v) is 6.97. The van der Waals surface area contributed by atoms with Crippen molar-refractivity contribution < 1.29 is 9.18 Å². The number of nitrogens with zero attached hydrogens (tertiary/aromatic N) is 1. The van der Waals surface area contributed by atoms with Crippen LogP contribution in [0.5, 0.6) is 0 Å². The molecule has 0 radical (unpaired) electrons. The highest BCUT2D eigenvalue weighted by Crippen LogP contribution is 2.35. The van der Waals surface area contributed by atoms with Gasteiger partial charge in [-0.05, 0) is 42.4 Å². The third-order valence-electron chi connectivity index (χ3n) is 3.86. The van der Waals surface area contributed by atoms with Crippen LogP contribution < -0.4 is 0 Å². The molecule has 0 bridgehead atoms. The molecule has 1 aliphatic rings. The highest BCUT2D eigenvalue weighted by molar-refractivity contribution is 6.31. The Morgan fingerprint density at radius 1 is 1.53 bits per heavy atom. The van der Waals surface area contributed by atoms with Gasteiger partial charge in [0.05, 0.1) is 0 Å².